The quantitative estimate of drug-likeness (QED) is 0.0829. The molecule has 0 spiro atoms. The third-order valence-electron chi connectivity index (χ3n) is 6.31. The summed E-state index contributed by atoms with van der Waals surface area (Å²) in [6.45, 7) is 11.3. The minimum atomic E-state index is 0.552. The molecule has 0 aliphatic heterocycles. The predicted octanol–water partition coefficient (Wildman–Crippen LogP) is 6.23. The van der Waals surface area contributed by atoms with Crippen LogP contribution in [0.2, 0.25) is 0 Å². The zero-order valence-electron chi connectivity index (χ0n) is 25.8. The van der Waals surface area contributed by atoms with E-state index in [1.165, 1.54) is 83.5 Å². The first kappa shape index (κ1) is 38.7. The van der Waals surface area contributed by atoms with E-state index < -0.39 is 0 Å². The van der Waals surface area contributed by atoms with Crippen molar-refractivity contribution >= 4 is 0 Å². The number of hydrogen-bond acceptors (Lipinski definition) is 8. The molecular weight excluding hydrogens is 500 g/mol. The maximum Gasteiger partial charge on any atom is 0.0701 e. The van der Waals surface area contributed by atoms with Crippen molar-refractivity contribution in [2.75, 3.05) is 106 Å². The fourth-order valence-corrected chi connectivity index (χ4v) is 3.96. The maximum atomic E-state index is 5.66. The number of rotatable bonds is 36. The van der Waals surface area contributed by atoms with E-state index in [9.17, 15) is 0 Å². The molecule has 39 heavy (non-hydrogen) atoms. The molecule has 0 fully saturated rings. The minimum absolute atomic E-state index is 0.552. The monoisotopic (exact) mass is 564 g/mol. The topological polar surface area (TPSA) is 73.8 Å². The van der Waals surface area contributed by atoms with Gasteiger partial charge < -0.3 is 37.9 Å². The Hall–Kier alpha value is -0.320. The van der Waals surface area contributed by atoms with Crippen molar-refractivity contribution in [1.82, 2.24) is 0 Å². The molecule has 0 aliphatic rings. The molecule has 0 unspecified atom stereocenters. The third-order valence-corrected chi connectivity index (χ3v) is 6.31. The summed E-state index contributed by atoms with van der Waals surface area (Å²) in [5.74, 6) is 0. The highest BCUT2D eigenvalue weighted by Gasteiger charge is 1.96. The van der Waals surface area contributed by atoms with Crippen molar-refractivity contribution in [3.63, 3.8) is 0 Å². The summed E-state index contributed by atoms with van der Waals surface area (Å²) < 4.78 is 43.3. The van der Waals surface area contributed by atoms with Crippen LogP contribution in [0.15, 0.2) is 0 Å². The Labute approximate surface area is 241 Å². The number of unbranched alkanes of at least 4 members (excludes halogenated alkanes) is 13. The summed E-state index contributed by atoms with van der Waals surface area (Å²) in [5.41, 5.74) is 0. The normalized spacial score (nSPS) is 11.5. The van der Waals surface area contributed by atoms with E-state index >= 15 is 0 Å². The Bertz CT molecular complexity index is 378. The molecule has 0 saturated carbocycles. The first-order chi connectivity index (χ1) is 19.4. The van der Waals surface area contributed by atoms with Gasteiger partial charge in [-0.1, -0.05) is 90.4 Å². The van der Waals surface area contributed by atoms with Crippen LogP contribution in [0.5, 0.6) is 0 Å². The molecule has 0 saturated heterocycles. The zero-order chi connectivity index (χ0) is 28.2. The summed E-state index contributed by atoms with van der Waals surface area (Å²) in [4.78, 5) is 0. The second kappa shape index (κ2) is 37.7. The van der Waals surface area contributed by atoms with Crippen LogP contribution in [0.3, 0.4) is 0 Å². The molecule has 0 aliphatic carbocycles. The summed E-state index contributed by atoms with van der Waals surface area (Å²) >= 11 is 0. The highest BCUT2D eigenvalue weighted by atomic mass is 16.6. The summed E-state index contributed by atoms with van der Waals surface area (Å²) in [6, 6.07) is 0. The van der Waals surface area contributed by atoms with E-state index in [-0.39, 0.29) is 0 Å². The van der Waals surface area contributed by atoms with Crippen LogP contribution in [-0.4, -0.2) is 106 Å². The lowest BCUT2D eigenvalue weighted by atomic mass is 10.0. The van der Waals surface area contributed by atoms with Gasteiger partial charge in [-0.2, -0.15) is 0 Å². The van der Waals surface area contributed by atoms with Crippen LogP contribution in [0.4, 0.5) is 0 Å². The lowest BCUT2D eigenvalue weighted by Crippen LogP contribution is -2.14. The molecule has 0 heterocycles. The fraction of sp³-hybridized carbons (Fsp3) is 1.00. The third kappa shape index (κ3) is 37.7. The molecule has 0 aromatic rings. The summed E-state index contributed by atoms with van der Waals surface area (Å²) in [7, 11) is 1.66. The van der Waals surface area contributed by atoms with E-state index in [1.54, 1.807) is 7.11 Å². The van der Waals surface area contributed by atoms with Crippen LogP contribution in [0, 0.1) is 0 Å². The van der Waals surface area contributed by atoms with Gasteiger partial charge in [-0.25, -0.2) is 0 Å². The van der Waals surface area contributed by atoms with Crippen LogP contribution in [-0.2, 0) is 37.9 Å². The van der Waals surface area contributed by atoms with Gasteiger partial charge in [0.15, 0.2) is 0 Å². The standard InChI is InChI=1S/C31H64O8/c1-3-4-5-6-7-8-9-10-11-12-13-14-15-16-17-33-20-21-35-24-25-37-28-29-39-31-30-38-27-26-36-23-22-34-19-18-32-2/h3-31H2,1-2H3. The van der Waals surface area contributed by atoms with Gasteiger partial charge >= 0.3 is 0 Å². The van der Waals surface area contributed by atoms with Crippen molar-refractivity contribution < 1.29 is 37.9 Å². The van der Waals surface area contributed by atoms with Crippen molar-refractivity contribution in [3.8, 4) is 0 Å². The molecule has 236 valence electrons. The second-order valence-electron chi connectivity index (χ2n) is 9.88. The number of methoxy groups -OCH3 is 1. The molecule has 0 bridgehead atoms. The van der Waals surface area contributed by atoms with Gasteiger partial charge in [-0.05, 0) is 6.42 Å². The minimum Gasteiger partial charge on any atom is -0.382 e. The van der Waals surface area contributed by atoms with E-state index in [1.807, 2.05) is 0 Å². The lowest BCUT2D eigenvalue weighted by molar-refractivity contribution is -0.0221. The Balaban J connectivity index is 3.01. The SMILES string of the molecule is CCCCCCCCCCCCCCCCOCCOCCOCCOCCOCCOCCOCCOC. The number of ether oxygens (including phenoxy) is 8. The van der Waals surface area contributed by atoms with E-state index in [2.05, 4.69) is 6.92 Å². The van der Waals surface area contributed by atoms with Crippen LogP contribution in [0.1, 0.15) is 96.8 Å². The predicted molar refractivity (Wildman–Crippen MR) is 158 cm³/mol. The van der Waals surface area contributed by atoms with Gasteiger partial charge in [-0.3, -0.25) is 0 Å². The smallest absolute Gasteiger partial charge is 0.0701 e. The largest absolute Gasteiger partial charge is 0.382 e. The second-order valence-corrected chi connectivity index (χ2v) is 9.88. The van der Waals surface area contributed by atoms with Crippen molar-refractivity contribution in [2.45, 2.75) is 96.8 Å². The van der Waals surface area contributed by atoms with Crippen LogP contribution < -0.4 is 0 Å². The molecule has 0 rings (SSSR count). The van der Waals surface area contributed by atoms with E-state index in [4.69, 9.17) is 37.9 Å². The van der Waals surface area contributed by atoms with Gasteiger partial charge in [0.05, 0.1) is 92.5 Å². The van der Waals surface area contributed by atoms with Crippen molar-refractivity contribution in [2.24, 2.45) is 0 Å². The molecule has 8 heteroatoms. The first-order valence-electron chi connectivity index (χ1n) is 15.9. The van der Waals surface area contributed by atoms with E-state index in [0.29, 0.717) is 92.5 Å². The summed E-state index contributed by atoms with van der Waals surface area (Å²) in [6.07, 6.45) is 19.3. The van der Waals surface area contributed by atoms with Crippen LogP contribution >= 0.6 is 0 Å². The van der Waals surface area contributed by atoms with Crippen molar-refractivity contribution in [3.05, 3.63) is 0 Å². The molecule has 0 radical (unpaired) electrons. The molecule has 0 amide bonds. The maximum absolute atomic E-state index is 5.66. The molecule has 0 aromatic carbocycles. The molecular formula is C31H64O8. The molecule has 8 nitrogen and oxygen atoms in total. The van der Waals surface area contributed by atoms with Crippen LogP contribution in [0.25, 0.3) is 0 Å². The zero-order valence-corrected chi connectivity index (χ0v) is 25.8. The Morgan fingerprint density at radius 3 is 0.769 bits per heavy atom. The summed E-state index contributed by atoms with van der Waals surface area (Å²) in [5, 5.41) is 0. The highest BCUT2D eigenvalue weighted by Crippen LogP contribution is 2.12. The van der Waals surface area contributed by atoms with Crippen molar-refractivity contribution in [1.29, 1.82) is 0 Å². The average molecular weight is 565 g/mol. The van der Waals surface area contributed by atoms with Gasteiger partial charge in [0.2, 0.25) is 0 Å². The van der Waals surface area contributed by atoms with Gasteiger partial charge in [-0.15, -0.1) is 0 Å². The fourth-order valence-electron chi connectivity index (χ4n) is 3.96. The highest BCUT2D eigenvalue weighted by molar-refractivity contribution is 4.49. The molecule has 0 atom stereocenters. The Morgan fingerprint density at radius 1 is 0.256 bits per heavy atom. The lowest BCUT2D eigenvalue weighted by Gasteiger charge is -2.08. The Kier molecular flexibility index (Phi) is 37.4. The number of hydrogen-bond donors (Lipinski definition) is 0. The van der Waals surface area contributed by atoms with Gasteiger partial charge in [0, 0.05) is 13.7 Å². The first-order valence-corrected chi connectivity index (χ1v) is 15.9. The van der Waals surface area contributed by atoms with Gasteiger partial charge in [0.25, 0.3) is 0 Å². The molecule has 0 aromatic heterocycles. The van der Waals surface area contributed by atoms with Gasteiger partial charge in [0.1, 0.15) is 0 Å². The molecule has 0 N–H and O–H groups in total. The van der Waals surface area contributed by atoms with E-state index in [0.717, 1.165) is 13.0 Å². The Morgan fingerprint density at radius 2 is 0.487 bits per heavy atom. The average Bonchev–Trinajstić information content (AvgIpc) is 2.95.